The highest BCUT2D eigenvalue weighted by molar-refractivity contribution is 5.20. The molecular formula is C16H21F3O2. The van der Waals surface area contributed by atoms with Gasteiger partial charge in [0.1, 0.15) is 0 Å². The van der Waals surface area contributed by atoms with Gasteiger partial charge in [-0.1, -0.05) is 12.5 Å². The van der Waals surface area contributed by atoms with E-state index in [2.05, 4.69) is 0 Å². The quantitative estimate of drug-likeness (QED) is 0.550. The summed E-state index contributed by atoms with van der Waals surface area (Å²) in [6.07, 6.45) is 5.93. The number of unbranched alkanes of at least 4 members (excludes halogenated alkanes) is 2. The first-order chi connectivity index (χ1) is 10.2. The highest BCUT2D eigenvalue weighted by Crippen LogP contribution is 2.18. The summed E-state index contributed by atoms with van der Waals surface area (Å²) in [6, 6.07) is 2.28. The molecule has 0 aliphatic carbocycles. The van der Waals surface area contributed by atoms with Crippen molar-refractivity contribution < 1.29 is 22.6 Å². The minimum Gasteiger partial charge on any atom is -0.353 e. The third kappa shape index (κ3) is 5.00. The third-order valence-electron chi connectivity index (χ3n) is 3.65. The molecule has 2 rings (SSSR count). The molecule has 1 fully saturated rings. The SMILES string of the molecule is Fc1ccc(CCCCCOC2CCCCO2)c(F)c1F. The zero-order valence-electron chi connectivity index (χ0n) is 12.0. The number of ether oxygens (including phenoxy) is 2. The summed E-state index contributed by atoms with van der Waals surface area (Å²) in [5, 5.41) is 0. The molecule has 1 aliphatic rings. The lowest BCUT2D eigenvalue weighted by atomic mass is 10.1. The molecule has 0 saturated carbocycles. The molecule has 2 nitrogen and oxygen atoms in total. The van der Waals surface area contributed by atoms with Gasteiger partial charge in [-0.25, -0.2) is 13.2 Å². The topological polar surface area (TPSA) is 18.5 Å². The average Bonchev–Trinajstić information content (AvgIpc) is 2.51. The first kappa shape index (κ1) is 16.3. The van der Waals surface area contributed by atoms with Crippen LogP contribution in [0.5, 0.6) is 0 Å². The standard InChI is InChI=1S/C16H21F3O2/c17-13-9-8-12(15(18)16(13)19)6-2-1-4-10-20-14-7-3-5-11-21-14/h8-9,14H,1-7,10-11H2. The minimum absolute atomic E-state index is 0.0811. The van der Waals surface area contributed by atoms with Crippen molar-refractivity contribution in [2.24, 2.45) is 0 Å². The largest absolute Gasteiger partial charge is 0.353 e. The van der Waals surface area contributed by atoms with Crippen LogP contribution in [-0.4, -0.2) is 19.5 Å². The number of rotatable bonds is 7. The summed E-state index contributed by atoms with van der Waals surface area (Å²) in [5.74, 6) is -3.59. The summed E-state index contributed by atoms with van der Waals surface area (Å²) in [4.78, 5) is 0. The molecule has 0 amide bonds. The molecule has 0 aromatic heterocycles. The maximum atomic E-state index is 13.4. The maximum absolute atomic E-state index is 13.4. The molecule has 118 valence electrons. The number of hydrogen-bond acceptors (Lipinski definition) is 2. The minimum atomic E-state index is -1.38. The van der Waals surface area contributed by atoms with Gasteiger partial charge in [0.15, 0.2) is 23.7 Å². The smallest absolute Gasteiger partial charge is 0.194 e. The van der Waals surface area contributed by atoms with Crippen LogP contribution < -0.4 is 0 Å². The van der Waals surface area contributed by atoms with Crippen molar-refractivity contribution in [1.29, 1.82) is 0 Å². The van der Waals surface area contributed by atoms with Crippen molar-refractivity contribution in [2.75, 3.05) is 13.2 Å². The molecule has 5 heteroatoms. The molecule has 1 atom stereocenters. The second-order valence-corrected chi connectivity index (χ2v) is 5.31. The van der Waals surface area contributed by atoms with E-state index in [1.54, 1.807) is 0 Å². The monoisotopic (exact) mass is 302 g/mol. The fourth-order valence-corrected chi connectivity index (χ4v) is 2.41. The zero-order chi connectivity index (χ0) is 15.1. The van der Waals surface area contributed by atoms with Gasteiger partial charge in [0.25, 0.3) is 0 Å². The molecule has 1 aromatic rings. The highest BCUT2D eigenvalue weighted by Gasteiger charge is 2.14. The lowest BCUT2D eigenvalue weighted by Crippen LogP contribution is -2.22. The van der Waals surface area contributed by atoms with E-state index in [0.717, 1.165) is 51.2 Å². The van der Waals surface area contributed by atoms with E-state index in [0.29, 0.717) is 13.0 Å². The van der Waals surface area contributed by atoms with E-state index >= 15 is 0 Å². The molecule has 1 unspecified atom stereocenters. The van der Waals surface area contributed by atoms with E-state index in [1.165, 1.54) is 6.07 Å². The number of hydrogen-bond donors (Lipinski definition) is 0. The molecule has 0 radical (unpaired) electrons. The van der Waals surface area contributed by atoms with Crippen molar-refractivity contribution in [1.82, 2.24) is 0 Å². The number of aryl methyl sites for hydroxylation is 1. The summed E-state index contributed by atoms with van der Waals surface area (Å²) >= 11 is 0. The van der Waals surface area contributed by atoms with E-state index in [4.69, 9.17) is 9.47 Å². The maximum Gasteiger partial charge on any atom is 0.194 e. The normalized spacial score (nSPS) is 18.9. The second-order valence-electron chi connectivity index (χ2n) is 5.31. The van der Waals surface area contributed by atoms with Crippen LogP contribution in [0.3, 0.4) is 0 Å². The average molecular weight is 302 g/mol. The Morgan fingerprint density at radius 3 is 2.67 bits per heavy atom. The van der Waals surface area contributed by atoms with Crippen molar-refractivity contribution >= 4 is 0 Å². The Morgan fingerprint density at radius 1 is 1.05 bits per heavy atom. The van der Waals surface area contributed by atoms with Crippen LogP contribution in [0, 0.1) is 17.5 Å². The van der Waals surface area contributed by atoms with Crippen molar-refractivity contribution in [3.8, 4) is 0 Å². The Balaban J connectivity index is 1.60. The fourth-order valence-electron chi connectivity index (χ4n) is 2.41. The molecule has 21 heavy (non-hydrogen) atoms. The molecule has 0 N–H and O–H groups in total. The Morgan fingerprint density at radius 2 is 1.90 bits per heavy atom. The van der Waals surface area contributed by atoms with Gasteiger partial charge >= 0.3 is 0 Å². The van der Waals surface area contributed by atoms with E-state index in [-0.39, 0.29) is 11.9 Å². The molecule has 0 bridgehead atoms. The second kappa shape index (κ2) is 8.39. The van der Waals surface area contributed by atoms with Gasteiger partial charge in [0.05, 0.1) is 0 Å². The van der Waals surface area contributed by atoms with Gasteiger partial charge in [-0.15, -0.1) is 0 Å². The number of benzene rings is 1. The predicted octanol–water partition coefficient (Wildman–Crippen LogP) is 4.36. The van der Waals surface area contributed by atoms with E-state index in [9.17, 15) is 13.2 Å². The van der Waals surface area contributed by atoms with Gasteiger partial charge in [0, 0.05) is 13.2 Å². The Kier molecular flexibility index (Phi) is 6.51. The summed E-state index contributed by atoms with van der Waals surface area (Å²) < 4.78 is 50.3. The van der Waals surface area contributed by atoms with Crippen LogP contribution in [0.15, 0.2) is 12.1 Å². The van der Waals surface area contributed by atoms with Crippen molar-refractivity contribution in [3.05, 3.63) is 35.1 Å². The van der Waals surface area contributed by atoms with Crippen LogP contribution in [-0.2, 0) is 15.9 Å². The van der Waals surface area contributed by atoms with Gasteiger partial charge in [0.2, 0.25) is 0 Å². The molecule has 1 aromatic carbocycles. The highest BCUT2D eigenvalue weighted by atomic mass is 19.2. The Hall–Kier alpha value is -1.07. The molecular weight excluding hydrogens is 281 g/mol. The van der Waals surface area contributed by atoms with Crippen molar-refractivity contribution in [2.45, 2.75) is 51.2 Å². The first-order valence-electron chi connectivity index (χ1n) is 7.54. The molecule has 0 spiro atoms. The van der Waals surface area contributed by atoms with Gasteiger partial charge in [-0.2, -0.15) is 0 Å². The van der Waals surface area contributed by atoms with Crippen molar-refractivity contribution in [3.63, 3.8) is 0 Å². The molecule has 1 saturated heterocycles. The van der Waals surface area contributed by atoms with Crippen LogP contribution >= 0.6 is 0 Å². The summed E-state index contributed by atoms with van der Waals surface area (Å²) in [7, 11) is 0. The molecule has 1 aliphatic heterocycles. The number of halogens is 3. The van der Waals surface area contributed by atoms with Crippen LogP contribution in [0.25, 0.3) is 0 Å². The van der Waals surface area contributed by atoms with Crippen LogP contribution in [0.2, 0.25) is 0 Å². The predicted molar refractivity (Wildman–Crippen MR) is 73.4 cm³/mol. The molecule has 1 heterocycles. The fraction of sp³-hybridized carbons (Fsp3) is 0.625. The first-order valence-corrected chi connectivity index (χ1v) is 7.54. The zero-order valence-corrected chi connectivity index (χ0v) is 12.0. The summed E-state index contributed by atoms with van der Waals surface area (Å²) in [6.45, 7) is 1.38. The Labute approximate surface area is 123 Å². The van der Waals surface area contributed by atoms with Gasteiger partial charge in [-0.05, 0) is 50.2 Å². The van der Waals surface area contributed by atoms with Crippen LogP contribution in [0.1, 0.15) is 44.1 Å². The lowest BCUT2D eigenvalue weighted by molar-refractivity contribution is -0.162. The Bertz CT molecular complexity index is 445. The third-order valence-corrected chi connectivity index (χ3v) is 3.65. The van der Waals surface area contributed by atoms with Gasteiger partial charge in [-0.3, -0.25) is 0 Å². The van der Waals surface area contributed by atoms with Crippen LogP contribution in [0.4, 0.5) is 13.2 Å². The lowest BCUT2D eigenvalue weighted by Gasteiger charge is -2.22. The van der Waals surface area contributed by atoms with E-state index < -0.39 is 17.5 Å². The van der Waals surface area contributed by atoms with Gasteiger partial charge < -0.3 is 9.47 Å². The van der Waals surface area contributed by atoms with E-state index in [1.807, 2.05) is 0 Å². The summed E-state index contributed by atoms with van der Waals surface area (Å²) in [5.41, 5.74) is 0.227.